The number of hydrogen-bond donors (Lipinski definition) is 2. The van der Waals surface area contributed by atoms with Crippen LogP contribution in [0.1, 0.15) is 17.7 Å². The molecule has 2 aromatic rings. The van der Waals surface area contributed by atoms with E-state index in [4.69, 9.17) is 5.26 Å². The second-order valence-electron chi connectivity index (χ2n) is 4.14. The molecule has 0 amide bonds. The maximum atomic E-state index is 8.93. The Morgan fingerprint density at radius 2 is 2.29 bits per heavy atom. The Morgan fingerprint density at radius 3 is 3.06 bits per heavy atom. The van der Waals surface area contributed by atoms with Gasteiger partial charge >= 0.3 is 0 Å². The molecule has 0 radical (unpaired) electrons. The van der Waals surface area contributed by atoms with Gasteiger partial charge in [-0.25, -0.2) is 0 Å². The van der Waals surface area contributed by atoms with Crippen molar-refractivity contribution in [2.75, 3.05) is 13.1 Å². The molecule has 2 N–H and O–H groups in total. The fourth-order valence-electron chi connectivity index (χ4n) is 2.15. The van der Waals surface area contributed by atoms with Crippen LogP contribution in [0.3, 0.4) is 0 Å². The first-order valence-corrected chi connectivity index (χ1v) is 5.67. The van der Waals surface area contributed by atoms with E-state index < -0.39 is 0 Å². The molecule has 0 fully saturated rings. The molecule has 1 aliphatic heterocycles. The lowest BCUT2D eigenvalue weighted by Crippen LogP contribution is -2.21. The highest BCUT2D eigenvalue weighted by Gasteiger charge is 2.12. The van der Waals surface area contributed by atoms with Gasteiger partial charge in [0, 0.05) is 11.9 Å². The average Bonchev–Trinajstić information content (AvgIpc) is 2.82. The number of nitrogens with one attached hydrogen (secondary N) is 2. The van der Waals surface area contributed by atoms with Crippen molar-refractivity contribution in [1.29, 1.82) is 5.26 Å². The second-order valence-corrected chi connectivity index (χ2v) is 4.14. The SMILES string of the molecule is N#Cc1ccc2[nH]nc(C3=CCCNC3)c2c1. The molecule has 0 unspecified atom stereocenters. The minimum absolute atomic E-state index is 0.671. The summed E-state index contributed by atoms with van der Waals surface area (Å²) in [5, 5.41) is 20.6. The Hall–Kier alpha value is -2.12. The number of fused-ring (bicyclic) bond motifs is 1. The van der Waals surface area contributed by atoms with Gasteiger partial charge in [-0.2, -0.15) is 10.4 Å². The fraction of sp³-hybridized carbons (Fsp3) is 0.231. The normalized spacial score (nSPS) is 15.6. The first-order chi connectivity index (χ1) is 8.38. The smallest absolute Gasteiger partial charge is 0.0991 e. The van der Waals surface area contributed by atoms with Gasteiger partial charge in [-0.05, 0) is 36.7 Å². The summed E-state index contributed by atoms with van der Waals surface area (Å²) in [5.74, 6) is 0. The summed E-state index contributed by atoms with van der Waals surface area (Å²) in [6, 6.07) is 7.76. The van der Waals surface area contributed by atoms with Crippen LogP contribution in [0, 0.1) is 11.3 Å². The van der Waals surface area contributed by atoms with Crippen molar-refractivity contribution in [3.8, 4) is 6.07 Å². The van der Waals surface area contributed by atoms with Gasteiger partial charge in [0.05, 0.1) is 22.8 Å². The Bertz CT molecular complexity index is 630. The first kappa shape index (κ1) is 10.1. The number of nitriles is 1. The van der Waals surface area contributed by atoms with Gasteiger partial charge < -0.3 is 5.32 Å². The van der Waals surface area contributed by atoms with Crippen LogP contribution in [0.25, 0.3) is 16.5 Å². The van der Waals surface area contributed by atoms with E-state index in [0.717, 1.165) is 36.1 Å². The molecular formula is C13H12N4. The van der Waals surface area contributed by atoms with E-state index in [-0.39, 0.29) is 0 Å². The Balaban J connectivity index is 2.16. The molecule has 0 atom stereocenters. The summed E-state index contributed by atoms with van der Waals surface area (Å²) in [7, 11) is 0. The zero-order chi connectivity index (χ0) is 11.7. The van der Waals surface area contributed by atoms with E-state index in [0.29, 0.717) is 5.56 Å². The lowest BCUT2D eigenvalue weighted by atomic mass is 10.0. The van der Waals surface area contributed by atoms with Gasteiger partial charge in [0.25, 0.3) is 0 Å². The summed E-state index contributed by atoms with van der Waals surface area (Å²) in [4.78, 5) is 0. The number of nitrogens with zero attached hydrogens (tertiary/aromatic N) is 2. The molecular weight excluding hydrogens is 212 g/mol. The van der Waals surface area contributed by atoms with Gasteiger partial charge in [0.2, 0.25) is 0 Å². The highest BCUT2D eigenvalue weighted by Crippen LogP contribution is 2.24. The van der Waals surface area contributed by atoms with Crippen LogP contribution in [0.5, 0.6) is 0 Å². The third-order valence-corrected chi connectivity index (χ3v) is 3.02. The highest BCUT2D eigenvalue weighted by atomic mass is 15.1. The molecule has 1 aromatic carbocycles. The number of H-pyrrole nitrogens is 1. The molecule has 4 heteroatoms. The predicted molar refractivity (Wildman–Crippen MR) is 66.3 cm³/mol. The molecule has 0 bridgehead atoms. The first-order valence-electron chi connectivity index (χ1n) is 5.67. The lowest BCUT2D eigenvalue weighted by molar-refractivity contribution is 0.737. The zero-order valence-electron chi connectivity index (χ0n) is 9.33. The average molecular weight is 224 g/mol. The van der Waals surface area contributed by atoms with Gasteiger partial charge in [-0.3, -0.25) is 5.10 Å². The molecule has 1 aliphatic rings. The van der Waals surface area contributed by atoms with Gasteiger partial charge in [-0.1, -0.05) is 6.08 Å². The third-order valence-electron chi connectivity index (χ3n) is 3.02. The van der Waals surface area contributed by atoms with Gasteiger partial charge in [0.15, 0.2) is 0 Å². The van der Waals surface area contributed by atoms with Crippen LogP contribution in [-0.4, -0.2) is 23.3 Å². The number of hydrogen-bond acceptors (Lipinski definition) is 3. The monoisotopic (exact) mass is 224 g/mol. The largest absolute Gasteiger partial charge is 0.312 e. The van der Waals surface area contributed by atoms with Gasteiger partial charge in [-0.15, -0.1) is 0 Å². The second kappa shape index (κ2) is 4.04. The molecule has 84 valence electrons. The van der Waals surface area contributed by atoms with Crippen LogP contribution in [0.15, 0.2) is 24.3 Å². The van der Waals surface area contributed by atoms with Crippen molar-refractivity contribution in [2.24, 2.45) is 0 Å². The quantitative estimate of drug-likeness (QED) is 0.776. The van der Waals surface area contributed by atoms with Gasteiger partial charge in [0.1, 0.15) is 0 Å². The maximum absolute atomic E-state index is 8.93. The Morgan fingerprint density at radius 1 is 1.35 bits per heavy atom. The zero-order valence-corrected chi connectivity index (χ0v) is 9.33. The summed E-state index contributed by atoms with van der Waals surface area (Å²) in [5.41, 5.74) is 3.82. The number of rotatable bonds is 1. The molecule has 1 aromatic heterocycles. The number of aromatic amines is 1. The lowest BCUT2D eigenvalue weighted by Gasteiger charge is -2.12. The molecule has 0 spiro atoms. The predicted octanol–water partition coefficient (Wildman–Crippen LogP) is 1.81. The van der Waals surface area contributed by atoms with E-state index in [9.17, 15) is 0 Å². The Kier molecular flexibility index (Phi) is 2.39. The van der Waals surface area contributed by atoms with Crippen LogP contribution in [-0.2, 0) is 0 Å². The fourth-order valence-corrected chi connectivity index (χ4v) is 2.15. The van der Waals surface area contributed by atoms with Crippen LogP contribution < -0.4 is 5.32 Å². The molecule has 4 nitrogen and oxygen atoms in total. The van der Waals surface area contributed by atoms with Crippen LogP contribution in [0.2, 0.25) is 0 Å². The van der Waals surface area contributed by atoms with Crippen molar-refractivity contribution in [3.05, 3.63) is 35.5 Å². The standard InChI is InChI=1S/C13H12N4/c14-7-9-3-4-12-11(6-9)13(17-16-12)10-2-1-5-15-8-10/h2-4,6,15H,1,5,8H2,(H,16,17). The third kappa shape index (κ3) is 1.71. The summed E-state index contributed by atoms with van der Waals surface area (Å²) in [6.07, 6.45) is 3.24. The van der Waals surface area contributed by atoms with Crippen molar-refractivity contribution < 1.29 is 0 Å². The molecule has 0 saturated heterocycles. The maximum Gasteiger partial charge on any atom is 0.0991 e. The minimum Gasteiger partial charge on any atom is -0.312 e. The van der Waals surface area contributed by atoms with E-state index in [1.807, 2.05) is 12.1 Å². The van der Waals surface area contributed by atoms with E-state index in [2.05, 4.69) is 27.7 Å². The minimum atomic E-state index is 0.671. The number of benzene rings is 1. The van der Waals surface area contributed by atoms with Crippen molar-refractivity contribution in [1.82, 2.24) is 15.5 Å². The van der Waals surface area contributed by atoms with Crippen molar-refractivity contribution >= 4 is 16.5 Å². The van der Waals surface area contributed by atoms with E-state index in [1.54, 1.807) is 6.07 Å². The Labute approximate surface area is 98.9 Å². The van der Waals surface area contributed by atoms with Crippen molar-refractivity contribution in [2.45, 2.75) is 6.42 Å². The summed E-state index contributed by atoms with van der Waals surface area (Å²) < 4.78 is 0. The molecule has 0 saturated carbocycles. The van der Waals surface area contributed by atoms with Crippen LogP contribution >= 0.6 is 0 Å². The van der Waals surface area contributed by atoms with Crippen molar-refractivity contribution in [3.63, 3.8) is 0 Å². The summed E-state index contributed by atoms with van der Waals surface area (Å²) in [6.45, 7) is 1.87. The topological polar surface area (TPSA) is 64.5 Å². The highest BCUT2D eigenvalue weighted by molar-refractivity contribution is 5.91. The van der Waals surface area contributed by atoms with E-state index in [1.165, 1.54) is 5.57 Å². The molecule has 3 rings (SSSR count). The van der Waals surface area contributed by atoms with E-state index >= 15 is 0 Å². The number of aromatic nitrogens is 2. The molecule has 0 aliphatic carbocycles. The van der Waals surface area contributed by atoms with Crippen LogP contribution in [0.4, 0.5) is 0 Å². The molecule has 2 heterocycles. The summed E-state index contributed by atoms with van der Waals surface area (Å²) >= 11 is 0. The molecule has 17 heavy (non-hydrogen) atoms.